The van der Waals surface area contributed by atoms with Crippen molar-refractivity contribution < 1.29 is 9.59 Å². The summed E-state index contributed by atoms with van der Waals surface area (Å²) in [6.07, 6.45) is 4.57. The maximum Gasteiger partial charge on any atom is 0.253 e. The molecule has 1 aliphatic rings. The molecule has 0 saturated carbocycles. The Kier molecular flexibility index (Phi) is 5.74. The van der Waals surface area contributed by atoms with Crippen LogP contribution < -0.4 is 16.2 Å². The van der Waals surface area contributed by atoms with Gasteiger partial charge in [-0.3, -0.25) is 14.4 Å². The molecule has 3 heterocycles. The van der Waals surface area contributed by atoms with Gasteiger partial charge in [-0.2, -0.15) is 4.98 Å². The second-order valence-corrected chi connectivity index (χ2v) is 7.33. The van der Waals surface area contributed by atoms with E-state index in [9.17, 15) is 14.4 Å². The number of hydrogen-bond donors (Lipinski definition) is 3. The smallest absolute Gasteiger partial charge is 0.253 e. The van der Waals surface area contributed by atoms with E-state index in [-0.39, 0.29) is 23.4 Å². The molecule has 31 heavy (non-hydrogen) atoms. The highest BCUT2D eigenvalue weighted by Crippen LogP contribution is 2.18. The number of carbonyl (C=O) groups is 2. The third kappa shape index (κ3) is 4.77. The lowest BCUT2D eigenvalue weighted by Gasteiger charge is -2.33. The minimum absolute atomic E-state index is 0.00302. The van der Waals surface area contributed by atoms with Crippen molar-refractivity contribution in [1.29, 1.82) is 0 Å². The van der Waals surface area contributed by atoms with Crippen molar-refractivity contribution in [1.82, 2.24) is 19.9 Å². The quantitative estimate of drug-likeness (QED) is 0.546. The molecule has 2 aromatic heterocycles. The van der Waals surface area contributed by atoms with Crippen LogP contribution in [-0.4, -0.2) is 50.8 Å². The Labute approximate surface area is 178 Å². The first kappa shape index (κ1) is 20.3. The van der Waals surface area contributed by atoms with Gasteiger partial charge < -0.3 is 20.5 Å². The van der Waals surface area contributed by atoms with Crippen molar-refractivity contribution in [3.63, 3.8) is 0 Å². The number of carbonyl (C=O) groups excluding carboxylic acids is 2. The fourth-order valence-corrected chi connectivity index (χ4v) is 3.54. The summed E-state index contributed by atoms with van der Waals surface area (Å²) in [5, 5.41) is 6.68. The fraction of sp³-hybridized carbons (Fsp3) is 0.227. The molecule has 0 spiro atoms. The Hall–Kier alpha value is -4.01. The van der Waals surface area contributed by atoms with E-state index in [1.807, 2.05) is 0 Å². The number of nitrogens with zero attached hydrogens (tertiary/aromatic N) is 3. The number of anilines is 2. The van der Waals surface area contributed by atoms with Crippen molar-refractivity contribution in [2.75, 3.05) is 23.7 Å². The van der Waals surface area contributed by atoms with E-state index in [0.29, 0.717) is 35.9 Å². The van der Waals surface area contributed by atoms with Gasteiger partial charge in [0, 0.05) is 48.0 Å². The number of H-pyrrole nitrogens is 1. The molecular weight excluding hydrogens is 396 g/mol. The van der Waals surface area contributed by atoms with Gasteiger partial charge in [0.25, 0.3) is 5.91 Å². The standard InChI is InChI=1S/C22H22N6O3/c1-2-18(29)24-16-8-5-14(6-9-16)21(31)28-11-3-4-17(13-28)25-22-23-12-15-7-10-19(30)26-20(15)27-22/h2,5-10,12,17H,1,3-4,11,13H2,(H,24,29)(H2,23,25,26,27,30). The second kappa shape index (κ2) is 8.78. The molecular formula is C22H22N6O3. The molecule has 2 amide bonds. The van der Waals surface area contributed by atoms with E-state index in [1.54, 1.807) is 41.4 Å². The molecule has 3 aromatic rings. The molecule has 0 bridgehead atoms. The molecule has 0 radical (unpaired) electrons. The van der Waals surface area contributed by atoms with E-state index < -0.39 is 0 Å². The van der Waals surface area contributed by atoms with Crippen LogP contribution in [0.3, 0.4) is 0 Å². The van der Waals surface area contributed by atoms with Crippen LogP contribution in [0.4, 0.5) is 11.6 Å². The summed E-state index contributed by atoms with van der Waals surface area (Å²) >= 11 is 0. The highest BCUT2D eigenvalue weighted by Gasteiger charge is 2.25. The minimum Gasteiger partial charge on any atom is -0.350 e. The molecule has 1 aliphatic heterocycles. The predicted octanol–water partition coefficient (Wildman–Crippen LogP) is 2.16. The Balaban J connectivity index is 1.42. The molecule has 1 atom stereocenters. The maximum atomic E-state index is 12.9. The molecule has 9 nitrogen and oxygen atoms in total. The zero-order chi connectivity index (χ0) is 21.8. The number of rotatable bonds is 5. The van der Waals surface area contributed by atoms with Crippen LogP contribution in [0.2, 0.25) is 0 Å². The number of likely N-dealkylation sites (tertiary alicyclic amines) is 1. The van der Waals surface area contributed by atoms with Gasteiger partial charge in [-0.1, -0.05) is 6.58 Å². The van der Waals surface area contributed by atoms with Crippen molar-refractivity contribution in [2.45, 2.75) is 18.9 Å². The SMILES string of the molecule is C=CC(=O)Nc1ccc(C(=O)N2CCCC(Nc3ncc4ccc(=O)[nH]c4n3)C2)cc1. The highest BCUT2D eigenvalue weighted by atomic mass is 16.2. The Bertz CT molecular complexity index is 1190. The van der Waals surface area contributed by atoms with Crippen LogP contribution in [0.25, 0.3) is 11.0 Å². The Morgan fingerprint density at radius 3 is 2.77 bits per heavy atom. The van der Waals surface area contributed by atoms with Gasteiger partial charge >= 0.3 is 0 Å². The first-order valence-corrected chi connectivity index (χ1v) is 9.97. The molecule has 1 unspecified atom stereocenters. The third-order valence-corrected chi connectivity index (χ3v) is 5.10. The first-order chi connectivity index (χ1) is 15.0. The largest absolute Gasteiger partial charge is 0.350 e. The Morgan fingerprint density at radius 2 is 2.00 bits per heavy atom. The monoisotopic (exact) mass is 418 g/mol. The van der Waals surface area contributed by atoms with Crippen LogP contribution >= 0.6 is 0 Å². The van der Waals surface area contributed by atoms with Crippen LogP contribution in [-0.2, 0) is 4.79 Å². The number of benzene rings is 1. The van der Waals surface area contributed by atoms with Gasteiger partial charge in [-0.25, -0.2) is 4.98 Å². The van der Waals surface area contributed by atoms with E-state index >= 15 is 0 Å². The van der Waals surface area contributed by atoms with Gasteiger partial charge in [0.1, 0.15) is 5.65 Å². The molecule has 9 heteroatoms. The van der Waals surface area contributed by atoms with Gasteiger partial charge in [0.2, 0.25) is 17.4 Å². The maximum absolute atomic E-state index is 12.9. The predicted molar refractivity (Wildman–Crippen MR) is 118 cm³/mol. The lowest BCUT2D eigenvalue weighted by molar-refractivity contribution is -0.111. The van der Waals surface area contributed by atoms with Crippen LogP contribution in [0.5, 0.6) is 0 Å². The number of piperidine rings is 1. The van der Waals surface area contributed by atoms with Gasteiger partial charge in [-0.05, 0) is 49.2 Å². The minimum atomic E-state index is -0.302. The lowest BCUT2D eigenvalue weighted by atomic mass is 10.0. The number of hydrogen-bond acceptors (Lipinski definition) is 6. The summed E-state index contributed by atoms with van der Waals surface area (Å²) in [7, 11) is 0. The lowest BCUT2D eigenvalue weighted by Crippen LogP contribution is -2.45. The number of aromatic nitrogens is 3. The summed E-state index contributed by atoms with van der Waals surface area (Å²) in [5.41, 5.74) is 1.40. The number of aromatic amines is 1. The number of nitrogens with one attached hydrogen (secondary N) is 3. The zero-order valence-corrected chi connectivity index (χ0v) is 16.8. The molecule has 1 aromatic carbocycles. The van der Waals surface area contributed by atoms with Gasteiger partial charge in [0.05, 0.1) is 0 Å². The van der Waals surface area contributed by atoms with Crippen molar-refractivity contribution in [3.05, 3.63) is 71.2 Å². The molecule has 0 aliphatic carbocycles. The molecule has 4 rings (SSSR count). The van der Waals surface area contributed by atoms with Crippen molar-refractivity contribution in [3.8, 4) is 0 Å². The first-order valence-electron chi connectivity index (χ1n) is 9.97. The van der Waals surface area contributed by atoms with Gasteiger partial charge in [-0.15, -0.1) is 0 Å². The summed E-state index contributed by atoms with van der Waals surface area (Å²) in [6, 6.07) is 9.88. The topological polar surface area (TPSA) is 120 Å². The van der Waals surface area contributed by atoms with E-state index in [4.69, 9.17) is 0 Å². The summed E-state index contributed by atoms with van der Waals surface area (Å²) in [4.78, 5) is 49.0. The number of pyridine rings is 1. The van der Waals surface area contributed by atoms with E-state index in [2.05, 4.69) is 32.2 Å². The summed E-state index contributed by atoms with van der Waals surface area (Å²) in [6.45, 7) is 4.60. The van der Waals surface area contributed by atoms with Crippen molar-refractivity contribution in [2.24, 2.45) is 0 Å². The molecule has 1 saturated heterocycles. The second-order valence-electron chi connectivity index (χ2n) is 7.33. The summed E-state index contributed by atoms with van der Waals surface area (Å²) in [5.74, 6) is 0.0387. The summed E-state index contributed by atoms with van der Waals surface area (Å²) < 4.78 is 0. The van der Waals surface area contributed by atoms with E-state index in [1.165, 1.54) is 12.1 Å². The number of fused-ring (bicyclic) bond motifs is 1. The zero-order valence-electron chi connectivity index (χ0n) is 16.8. The van der Waals surface area contributed by atoms with E-state index in [0.717, 1.165) is 18.2 Å². The highest BCUT2D eigenvalue weighted by molar-refractivity contribution is 5.99. The molecule has 158 valence electrons. The normalized spacial score (nSPS) is 16.0. The van der Waals surface area contributed by atoms with Gasteiger partial charge in [0.15, 0.2) is 0 Å². The Morgan fingerprint density at radius 1 is 1.19 bits per heavy atom. The average molecular weight is 418 g/mol. The van der Waals surface area contributed by atoms with Crippen LogP contribution in [0, 0.1) is 0 Å². The average Bonchev–Trinajstić information content (AvgIpc) is 2.79. The molecule has 1 fully saturated rings. The fourth-order valence-electron chi connectivity index (χ4n) is 3.54. The number of amides is 2. The van der Waals surface area contributed by atoms with Crippen LogP contribution in [0.15, 0.2) is 60.0 Å². The molecule has 3 N–H and O–H groups in total. The third-order valence-electron chi connectivity index (χ3n) is 5.10. The van der Waals surface area contributed by atoms with Crippen molar-refractivity contribution >= 4 is 34.5 Å². The van der Waals surface area contributed by atoms with Crippen LogP contribution in [0.1, 0.15) is 23.2 Å².